The number of hydrogen-bond acceptors (Lipinski definition) is 6. The minimum atomic E-state index is -3.83. The van der Waals surface area contributed by atoms with E-state index in [1.165, 1.54) is 48.5 Å². The van der Waals surface area contributed by atoms with E-state index in [0.717, 1.165) is 31.1 Å². The van der Waals surface area contributed by atoms with Gasteiger partial charge in [-0.15, -0.1) is 11.6 Å². The summed E-state index contributed by atoms with van der Waals surface area (Å²) in [5, 5.41) is 5.32. The molecular formula is C31H29ClN3O5S2+. The fourth-order valence-corrected chi connectivity index (χ4v) is 6.26. The predicted molar refractivity (Wildman–Crippen MR) is 163 cm³/mol. The standard InChI is InChI=1S/C31H28ClN3O5S2/c32-22-29(36)33-23-11-15-25(16-12-23)42(39,40)26-17-13-24(14-18-26)34-31(38)27-8-2-3-9-28(27)41-30(37)10-4-7-21-35-19-5-1-6-20-35/h1-3,5-6,8-9,11-20H,4,7,10,21-22H2,(H-,33,34,36,38)/p+1. The summed E-state index contributed by atoms with van der Waals surface area (Å²) in [6, 6.07) is 24.4. The maximum Gasteiger partial charge on any atom is 0.256 e. The number of sulfone groups is 1. The molecule has 0 unspecified atom stereocenters. The summed E-state index contributed by atoms with van der Waals surface area (Å²) in [6.45, 7) is 0.832. The predicted octanol–water partition coefficient (Wildman–Crippen LogP) is 5.73. The number of nitrogens with zero attached hydrogens (tertiary/aromatic N) is 1. The van der Waals surface area contributed by atoms with E-state index in [4.69, 9.17) is 11.6 Å². The number of nitrogens with one attached hydrogen (secondary N) is 2. The highest BCUT2D eigenvalue weighted by Crippen LogP contribution is 2.27. The van der Waals surface area contributed by atoms with Crippen LogP contribution in [-0.4, -0.2) is 31.2 Å². The highest BCUT2D eigenvalue weighted by molar-refractivity contribution is 8.13. The second-order valence-electron chi connectivity index (χ2n) is 9.23. The molecule has 4 aromatic rings. The maximum absolute atomic E-state index is 13.1. The average Bonchev–Trinajstić information content (AvgIpc) is 3.00. The first kappa shape index (κ1) is 31.0. The van der Waals surface area contributed by atoms with Gasteiger partial charge in [0.25, 0.3) is 5.91 Å². The molecular weight excluding hydrogens is 594 g/mol. The highest BCUT2D eigenvalue weighted by Gasteiger charge is 2.19. The molecule has 216 valence electrons. The molecule has 2 N–H and O–H groups in total. The van der Waals surface area contributed by atoms with Gasteiger partial charge in [-0.3, -0.25) is 14.4 Å². The lowest BCUT2D eigenvalue weighted by Crippen LogP contribution is -2.32. The van der Waals surface area contributed by atoms with Crippen molar-refractivity contribution in [1.29, 1.82) is 0 Å². The van der Waals surface area contributed by atoms with Crippen molar-refractivity contribution in [3.05, 3.63) is 109 Å². The molecule has 2 amide bonds. The normalized spacial score (nSPS) is 11.1. The van der Waals surface area contributed by atoms with Gasteiger partial charge in [0, 0.05) is 41.2 Å². The van der Waals surface area contributed by atoms with Gasteiger partial charge in [-0.05, 0) is 67.1 Å². The van der Waals surface area contributed by atoms with Crippen LogP contribution in [0.15, 0.2) is 118 Å². The van der Waals surface area contributed by atoms with Crippen LogP contribution in [0.25, 0.3) is 0 Å². The Morgan fingerprint density at radius 2 is 1.33 bits per heavy atom. The maximum atomic E-state index is 13.1. The van der Waals surface area contributed by atoms with Gasteiger partial charge in [0.15, 0.2) is 17.5 Å². The third kappa shape index (κ3) is 8.51. The van der Waals surface area contributed by atoms with Gasteiger partial charge >= 0.3 is 0 Å². The number of anilines is 2. The van der Waals surface area contributed by atoms with Crippen molar-refractivity contribution in [2.45, 2.75) is 40.5 Å². The van der Waals surface area contributed by atoms with Gasteiger partial charge in [-0.25, -0.2) is 13.0 Å². The lowest BCUT2D eigenvalue weighted by molar-refractivity contribution is -0.697. The molecule has 0 saturated heterocycles. The summed E-state index contributed by atoms with van der Waals surface area (Å²) in [5.74, 6) is -1.01. The molecule has 0 saturated carbocycles. The van der Waals surface area contributed by atoms with Crippen molar-refractivity contribution in [3.8, 4) is 0 Å². The Morgan fingerprint density at radius 1 is 0.738 bits per heavy atom. The lowest BCUT2D eigenvalue weighted by Gasteiger charge is -2.11. The Balaban J connectivity index is 1.35. The Morgan fingerprint density at radius 3 is 1.95 bits per heavy atom. The first-order chi connectivity index (χ1) is 20.3. The largest absolute Gasteiger partial charge is 0.325 e. The number of carbonyl (C=O) groups is 3. The number of amides is 2. The average molecular weight is 623 g/mol. The number of benzene rings is 3. The van der Waals surface area contributed by atoms with Crippen molar-refractivity contribution in [3.63, 3.8) is 0 Å². The Hall–Kier alpha value is -3.99. The molecule has 0 aliphatic carbocycles. The van der Waals surface area contributed by atoms with Crippen molar-refractivity contribution in [2.75, 3.05) is 16.5 Å². The molecule has 0 bridgehead atoms. The molecule has 0 atom stereocenters. The van der Waals surface area contributed by atoms with Crippen LogP contribution in [0.3, 0.4) is 0 Å². The number of alkyl halides is 1. The van der Waals surface area contributed by atoms with Crippen molar-refractivity contribution >= 4 is 61.5 Å². The first-order valence-electron chi connectivity index (χ1n) is 13.1. The Labute approximate surface area is 254 Å². The van der Waals surface area contributed by atoms with E-state index >= 15 is 0 Å². The SMILES string of the molecule is O=C(CCl)Nc1ccc(S(=O)(=O)c2ccc(NC(=O)c3ccccc3SC(=O)CCCC[n+]3ccccc3)cc2)cc1. The highest BCUT2D eigenvalue weighted by atomic mass is 35.5. The molecule has 0 spiro atoms. The number of thioether (sulfide) groups is 1. The van der Waals surface area contributed by atoms with Crippen molar-refractivity contribution in [2.24, 2.45) is 0 Å². The van der Waals surface area contributed by atoms with Gasteiger partial charge in [0.1, 0.15) is 12.4 Å². The van der Waals surface area contributed by atoms with Gasteiger partial charge in [-0.2, -0.15) is 0 Å². The Kier molecular flexibility index (Phi) is 10.9. The van der Waals surface area contributed by atoms with E-state index in [1.807, 2.05) is 30.6 Å². The summed E-state index contributed by atoms with van der Waals surface area (Å²) in [5.41, 5.74) is 1.19. The topological polar surface area (TPSA) is 113 Å². The van der Waals surface area contributed by atoms with Crippen LogP contribution in [0, 0.1) is 0 Å². The molecule has 1 aromatic heterocycles. The number of aryl methyl sites for hydroxylation is 1. The van der Waals surface area contributed by atoms with Crippen LogP contribution in [0.2, 0.25) is 0 Å². The number of hydrogen-bond donors (Lipinski definition) is 2. The van der Waals surface area contributed by atoms with Crippen LogP contribution in [-0.2, 0) is 26.0 Å². The quantitative estimate of drug-likeness (QED) is 0.0904. The van der Waals surface area contributed by atoms with E-state index < -0.39 is 21.7 Å². The number of halogens is 1. The van der Waals surface area contributed by atoms with E-state index in [-0.39, 0.29) is 20.8 Å². The summed E-state index contributed by atoms with van der Waals surface area (Å²) in [6.07, 6.45) is 5.99. The molecule has 3 aromatic carbocycles. The molecule has 42 heavy (non-hydrogen) atoms. The number of aromatic nitrogens is 1. The first-order valence-corrected chi connectivity index (χ1v) is 16.0. The monoisotopic (exact) mass is 622 g/mol. The fourth-order valence-electron chi connectivity index (χ4n) is 4.03. The molecule has 4 rings (SSSR count). The number of pyridine rings is 1. The van der Waals surface area contributed by atoms with Crippen molar-refractivity contribution in [1.82, 2.24) is 0 Å². The third-order valence-electron chi connectivity index (χ3n) is 6.17. The summed E-state index contributed by atoms with van der Waals surface area (Å²) < 4.78 is 28.2. The smallest absolute Gasteiger partial charge is 0.256 e. The third-order valence-corrected chi connectivity index (χ3v) is 9.21. The number of carbonyl (C=O) groups excluding carboxylic acids is 3. The zero-order chi connectivity index (χ0) is 30.0. The zero-order valence-electron chi connectivity index (χ0n) is 22.5. The van der Waals surface area contributed by atoms with E-state index in [2.05, 4.69) is 15.2 Å². The van der Waals surface area contributed by atoms with Crippen LogP contribution in [0.4, 0.5) is 11.4 Å². The molecule has 0 aliphatic rings. The minimum Gasteiger partial charge on any atom is -0.325 e. The van der Waals surface area contributed by atoms with Gasteiger partial charge in [0.05, 0.1) is 15.4 Å². The number of unbranched alkanes of at least 4 members (excludes halogenated alkanes) is 1. The molecule has 11 heteroatoms. The van der Waals surface area contributed by atoms with Gasteiger partial charge < -0.3 is 10.6 Å². The van der Waals surface area contributed by atoms with E-state index in [1.54, 1.807) is 24.3 Å². The van der Waals surface area contributed by atoms with E-state index in [9.17, 15) is 22.8 Å². The molecule has 0 fully saturated rings. The fraction of sp³-hybridized carbons (Fsp3) is 0.161. The van der Waals surface area contributed by atoms with Crippen LogP contribution >= 0.6 is 23.4 Å². The lowest BCUT2D eigenvalue weighted by atomic mass is 10.2. The van der Waals surface area contributed by atoms with Crippen molar-refractivity contribution < 1.29 is 27.4 Å². The molecule has 0 aliphatic heterocycles. The van der Waals surface area contributed by atoms with Gasteiger partial charge in [-0.1, -0.05) is 30.0 Å². The summed E-state index contributed by atoms with van der Waals surface area (Å²) in [7, 11) is -3.83. The second kappa shape index (κ2) is 14.8. The second-order valence-corrected chi connectivity index (χ2v) is 12.5. The van der Waals surface area contributed by atoms with Gasteiger partial charge in [0.2, 0.25) is 15.7 Å². The zero-order valence-corrected chi connectivity index (χ0v) is 24.9. The van der Waals surface area contributed by atoms with E-state index in [0.29, 0.717) is 28.3 Å². The molecule has 0 radical (unpaired) electrons. The molecule has 8 nitrogen and oxygen atoms in total. The summed E-state index contributed by atoms with van der Waals surface area (Å²) in [4.78, 5) is 37.8. The molecule has 1 heterocycles. The number of rotatable bonds is 12. The van der Waals surface area contributed by atoms with Crippen LogP contribution in [0.5, 0.6) is 0 Å². The van der Waals surface area contributed by atoms with Crippen LogP contribution in [0.1, 0.15) is 29.6 Å². The van der Waals surface area contributed by atoms with Crippen LogP contribution < -0.4 is 15.2 Å². The summed E-state index contributed by atoms with van der Waals surface area (Å²) >= 11 is 6.53. The minimum absolute atomic E-state index is 0.0164. The Bertz CT molecular complexity index is 1650.